The number of hydrogen-bond acceptors (Lipinski definition) is 4. The summed E-state index contributed by atoms with van der Waals surface area (Å²) in [6.45, 7) is 0.367. The number of hydrogen-bond donors (Lipinski definition) is 3. The Kier molecular flexibility index (Phi) is 5.31. The molecule has 0 aliphatic carbocycles. The molecule has 1 atom stereocenters. The first-order valence-corrected chi connectivity index (χ1v) is 6.33. The number of carboxylic acid groups (broad SMARTS) is 1. The number of aliphatic carboxylic acids is 1. The molecule has 0 fully saturated rings. The molecule has 1 aromatic heterocycles. The number of primary amides is 1. The number of urea groups is 1. The predicted octanol–water partition coefficient (Wildman–Crippen LogP) is 0.218. The number of thiophene rings is 1. The highest BCUT2D eigenvalue weighted by molar-refractivity contribution is 7.09. The Morgan fingerprint density at radius 2 is 2.21 bits per heavy atom. The summed E-state index contributed by atoms with van der Waals surface area (Å²) in [5.41, 5.74) is 4.93. The fourth-order valence-electron chi connectivity index (χ4n) is 1.37. The number of nitrogens with one attached hydrogen (secondary N) is 1. The van der Waals surface area contributed by atoms with Gasteiger partial charge >= 0.3 is 12.0 Å². The summed E-state index contributed by atoms with van der Waals surface area (Å²) < 4.78 is 0. The fraction of sp³-hybridized carbons (Fsp3) is 0.364. The van der Waals surface area contributed by atoms with Crippen molar-refractivity contribution in [2.24, 2.45) is 5.73 Å². The van der Waals surface area contributed by atoms with Crippen LogP contribution >= 0.6 is 11.3 Å². The van der Waals surface area contributed by atoms with E-state index < -0.39 is 30.4 Å². The van der Waals surface area contributed by atoms with Crippen LogP contribution in [0.4, 0.5) is 4.79 Å². The SMILES string of the molecule is CN(Cc1cccs1)C(=O)N[C@@H](CC(N)=O)C(=O)O. The van der Waals surface area contributed by atoms with Crippen LogP contribution in [0.2, 0.25) is 0 Å². The molecule has 4 N–H and O–H groups in total. The Morgan fingerprint density at radius 1 is 1.53 bits per heavy atom. The van der Waals surface area contributed by atoms with Crippen LogP contribution in [-0.4, -0.2) is 41.0 Å². The van der Waals surface area contributed by atoms with Gasteiger partial charge < -0.3 is 21.1 Å². The van der Waals surface area contributed by atoms with Crippen molar-refractivity contribution in [2.75, 3.05) is 7.05 Å². The molecule has 104 valence electrons. The third-order valence-corrected chi connectivity index (χ3v) is 3.18. The maximum absolute atomic E-state index is 11.8. The molecule has 1 rings (SSSR count). The summed E-state index contributed by atoms with van der Waals surface area (Å²) in [5, 5.41) is 13.0. The van der Waals surface area contributed by atoms with Gasteiger partial charge in [0, 0.05) is 11.9 Å². The van der Waals surface area contributed by atoms with E-state index in [1.807, 2.05) is 17.5 Å². The van der Waals surface area contributed by atoms with E-state index in [-0.39, 0.29) is 0 Å². The third kappa shape index (κ3) is 4.96. The van der Waals surface area contributed by atoms with Gasteiger partial charge in [-0.1, -0.05) is 6.07 Å². The number of amides is 3. The summed E-state index contributed by atoms with van der Waals surface area (Å²) in [6.07, 6.45) is -0.437. The van der Waals surface area contributed by atoms with Crippen LogP contribution in [-0.2, 0) is 16.1 Å². The van der Waals surface area contributed by atoms with E-state index in [9.17, 15) is 14.4 Å². The summed E-state index contributed by atoms with van der Waals surface area (Å²) in [5.74, 6) is -2.08. The molecule has 1 aromatic rings. The number of nitrogens with zero attached hydrogens (tertiary/aromatic N) is 1. The van der Waals surface area contributed by atoms with Crippen molar-refractivity contribution in [3.05, 3.63) is 22.4 Å². The molecule has 0 spiro atoms. The van der Waals surface area contributed by atoms with Gasteiger partial charge in [0.1, 0.15) is 6.04 Å². The normalized spacial score (nSPS) is 11.6. The predicted molar refractivity (Wildman–Crippen MR) is 69.6 cm³/mol. The van der Waals surface area contributed by atoms with E-state index >= 15 is 0 Å². The highest BCUT2D eigenvalue weighted by Gasteiger charge is 2.23. The highest BCUT2D eigenvalue weighted by Crippen LogP contribution is 2.10. The van der Waals surface area contributed by atoms with E-state index in [1.54, 1.807) is 0 Å². The lowest BCUT2D eigenvalue weighted by Crippen LogP contribution is -2.47. The molecule has 0 unspecified atom stereocenters. The first kappa shape index (κ1) is 15.0. The van der Waals surface area contributed by atoms with Crippen molar-refractivity contribution >= 4 is 29.2 Å². The van der Waals surface area contributed by atoms with Crippen molar-refractivity contribution in [2.45, 2.75) is 19.0 Å². The van der Waals surface area contributed by atoms with Gasteiger partial charge in [0.05, 0.1) is 13.0 Å². The number of carbonyl (C=O) groups is 3. The highest BCUT2D eigenvalue weighted by atomic mass is 32.1. The maximum atomic E-state index is 11.8. The summed E-state index contributed by atoms with van der Waals surface area (Å²) in [7, 11) is 1.54. The second-order valence-electron chi connectivity index (χ2n) is 3.95. The zero-order valence-corrected chi connectivity index (χ0v) is 11.1. The molecule has 0 aliphatic heterocycles. The van der Waals surface area contributed by atoms with Gasteiger partial charge in [0.15, 0.2) is 0 Å². The van der Waals surface area contributed by atoms with E-state index in [4.69, 9.17) is 10.8 Å². The van der Waals surface area contributed by atoms with E-state index in [1.165, 1.54) is 23.3 Å². The van der Waals surface area contributed by atoms with Gasteiger partial charge in [-0.25, -0.2) is 9.59 Å². The van der Waals surface area contributed by atoms with Crippen molar-refractivity contribution in [1.82, 2.24) is 10.2 Å². The van der Waals surface area contributed by atoms with Gasteiger partial charge in [-0.05, 0) is 11.4 Å². The van der Waals surface area contributed by atoms with Gasteiger partial charge in [-0.2, -0.15) is 0 Å². The van der Waals surface area contributed by atoms with Gasteiger partial charge in [-0.15, -0.1) is 11.3 Å². The van der Waals surface area contributed by atoms with Crippen molar-refractivity contribution < 1.29 is 19.5 Å². The van der Waals surface area contributed by atoms with Gasteiger partial charge in [0.2, 0.25) is 5.91 Å². The average molecular weight is 285 g/mol. The Hall–Kier alpha value is -2.09. The molecule has 1 heterocycles. The van der Waals surface area contributed by atoms with Crippen LogP contribution < -0.4 is 11.1 Å². The second-order valence-corrected chi connectivity index (χ2v) is 4.98. The molecule has 3 amide bonds. The lowest BCUT2D eigenvalue weighted by atomic mass is 10.2. The molecule has 19 heavy (non-hydrogen) atoms. The quantitative estimate of drug-likeness (QED) is 0.693. The smallest absolute Gasteiger partial charge is 0.326 e. The molecule has 0 aliphatic rings. The molecule has 0 radical (unpaired) electrons. The zero-order chi connectivity index (χ0) is 14.4. The summed E-state index contributed by atoms with van der Waals surface area (Å²) >= 11 is 1.49. The van der Waals surface area contributed by atoms with E-state index in [2.05, 4.69) is 5.32 Å². The molecule has 8 heteroatoms. The third-order valence-electron chi connectivity index (χ3n) is 2.32. The van der Waals surface area contributed by atoms with Crippen LogP contribution in [0.1, 0.15) is 11.3 Å². The lowest BCUT2D eigenvalue weighted by molar-refractivity contribution is -0.140. The van der Waals surface area contributed by atoms with Crippen LogP contribution in [0.3, 0.4) is 0 Å². The summed E-state index contributed by atoms with van der Waals surface area (Å²) in [6, 6.07) is 1.85. The topological polar surface area (TPSA) is 113 Å². The van der Waals surface area contributed by atoms with Crippen molar-refractivity contribution in [3.63, 3.8) is 0 Å². The van der Waals surface area contributed by atoms with Crippen molar-refractivity contribution in [3.8, 4) is 0 Å². The largest absolute Gasteiger partial charge is 0.480 e. The summed E-state index contributed by atoms with van der Waals surface area (Å²) in [4.78, 5) is 35.7. The fourth-order valence-corrected chi connectivity index (χ4v) is 2.13. The zero-order valence-electron chi connectivity index (χ0n) is 10.3. The lowest BCUT2D eigenvalue weighted by Gasteiger charge is -2.20. The standard InChI is InChI=1S/C11H15N3O4S/c1-14(6-7-3-2-4-19-7)11(18)13-8(10(16)17)5-9(12)15/h2-4,8H,5-6H2,1H3,(H2,12,15)(H,13,18)(H,16,17)/t8-/m0/s1. The number of rotatable bonds is 6. The maximum Gasteiger partial charge on any atom is 0.326 e. The minimum atomic E-state index is -1.31. The Labute approximate surface area is 114 Å². The van der Waals surface area contributed by atoms with Gasteiger partial charge in [0.25, 0.3) is 0 Å². The molecule has 7 nitrogen and oxygen atoms in total. The average Bonchev–Trinajstić information content (AvgIpc) is 2.79. The molecular formula is C11H15N3O4S. The van der Waals surface area contributed by atoms with E-state index in [0.717, 1.165) is 4.88 Å². The second kappa shape index (κ2) is 6.74. The number of nitrogens with two attached hydrogens (primary N) is 1. The van der Waals surface area contributed by atoms with Crippen molar-refractivity contribution in [1.29, 1.82) is 0 Å². The first-order valence-electron chi connectivity index (χ1n) is 5.45. The Morgan fingerprint density at radius 3 is 2.68 bits per heavy atom. The first-order chi connectivity index (χ1) is 8.90. The van der Waals surface area contributed by atoms with E-state index in [0.29, 0.717) is 6.54 Å². The number of carboxylic acids is 1. The Balaban J connectivity index is 2.56. The van der Waals surface area contributed by atoms with Crippen LogP contribution in [0.15, 0.2) is 17.5 Å². The molecule has 0 bridgehead atoms. The monoisotopic (exact) mass is 285 g/mol. The Bertz CT molecular complexity index is 461. The minimum absolute atomic E-state index is 0.367. The molecule has 0 saturated heterocycles. The number of carbonyl (C=O) groups excluding carboxylic acids is 2. The molecular weight excluding hydrogens is 270 g/mol. The minimum Gasteiger partial charge on any atom is -0.480 e. The molecule has 0 saturated carbocycles. The molecule has 0 aromatic carbocycles. The van der Waals surface area contributed by atoms with Gasteiger partial charge in [-0.3, -0.25) is 4.79 Å². The van der Waals surface area contributed by atoms with Crippen LogP contribution in [0.5, 0.6) is 0 Å². The van der Waals surface area contributed by atoms with Crippen LogP contribution in [0.25, 0.3) is 0 Å². The van der Waals surface area contributed by atoms with Crippen LogP contribution in [0, 0.1) is 0 Å².